The van der Waals surface area contributed by atoms with Gasteiger partial charge < -0.3 is 14.0 Å². The highest BCUT2D eigenvalue weighted by Gasteiger charge is 2.20. The Morgan fingerprint density at radius 2 is 2.07 bits per heavy atom. The molecule has 0 spiro atoms. The minimum absolute atomic E-state index is 0.0624. The average Bonchev–Trinajstić information content (AvgIpc) is 3.49. The molecule has 9 heteroatoms. The summed E-state index contributed by atoms with van der Waals surface area (Å²) in [6, 6.07) is 5.59. The summed E-state index contributed by atoms with van der Waals surface area (Å²) in [7, 11) is 0. The Hall–Kier alpha value is -3.33. The molecule has 5 heterocycles. The molecule has 1 aliphatic rings. The minimum Gasteiger partial charge on any atom is -0.471 e. The molecule has 0 aliphatic carbocycles. The first-order valence-corrected chi connectivity index (χ1v) is 9.72. The maximum Gasteiger partial charge on any atom is 0.232 e. The average molecular weight is 391 g/mol. The molecule has 0 amide bonds. The Morgan fingerprint density at radius 3 is 2.86 bits per heavy atom. The number of nitrogens with zero attached hydrogens (tertiary/aromatic N) is 7. The Balaban J connectivity index is 1.47. The molecule has 1 unspecified atom stereocenters. The summed E-state index contributed by atoms with van der Waals surface area (Å²) in [5.41, 5.74) is 2.78. The van der Waals surface area contributed by atoms with Gasteiger partial charge in [-0.15, -0.1) is 5.10 Å². The van der Waals surface area contributed by atoms with Crippen molar-refractivity contribution in [3.8, 4) is 17.5 Å². The van der Waals surface area contributed by atoms with E-state index in [0.717, 1.165) is 36.5 Å². The number of fused-ring (bicyclic) bond motifs is 1. The molecule has 0 aromatic carbocycles. The molecule has 0 saturated carbocycles. The highest BCUT2D eigenvalue weighted by molar-refractivity contribution is 5.45. The molecule has 4 aromatic rings. The van der Waals surface area contributed by atoms with E-state index in [2.05, 4.69) is 27.0 Å². The van der Waals surface area contributed by atoms with Gasteiger partial charge in [0.2, 0.25) is 5.88 Å². The van der Waals surface area contributed by atoms with E-state index in [9.17, 15) is 0 Å². The zero-order chi connectivity index (χ0) is 19.6. The van der Waals surface area contributed by atoms with Gasteiger partial charge in [0.05, 0.1) is 31.1 Å². The van der Waals surface area contributed by atoms with Crippen LogP contribution in [0.5, 0.6) is 5.88 Å². The third-order valence-electron chi connectivity index (χ3n) is 4.94. The topological polar surface area (TPSA) is 92.2 Å². The van der Waals surface area contributed by atoms with Crippen molar-refractivity contribution in [1.29, 1.82) is 0 Å². The molecule has 148 valence electrons. The van der Waals surface area contributed by atoms with E-state index in [1.165, 1.54) is 0 Å². The molecular weight excluding hydrogens is 370 g/mol. The van der Waals surface area contributed by atoms with Gasteiger partial charge >= 0.3 is 0 Å². The van der Waals surface area contributed by atoms with E-state index in [4.69, 9.17) is 14.5 Å². The summed E-state index contributed by atoms with van der Waals surface area (Å²) in [6.45, 7) is 4.01. The molecule has 4 aromatic heterocycles. The van der Waals surface area contributed by atoms with E-state index in [0.29, 0.717) is 30.7 Å². The van der Waals surface area contributed by atoms with Gasteiger partial charge in [-0.05, 0) is 18.6 Å². The summed E-state index contributed by atoms with van der Waals surface area (Å²) in [5, 5.41) is 4.67. The number of hydrogen-bond donors (Lipinski definition) is 0. The Bertz CT molecular complexity index is 1120. The van der Waals surface area contributed by atoms with Crippen LogP contribution in [0.3, 0.4) is 0 Å². The van der Waals surface area contributed by atoms with Crippen molar-refractivity contribution in [3.63, 3.8) is 0 Å². The van der Waals surface area contributed by atoms with Crippen LogP contribution >= 0.6 is 0 Å². The molecule has 0 N–H and O–H groups in total. The fourth-order valence-corrected chi connectivity index (χ4v) is 3.55. The third kappa shape index (κ3) is 3.44. The summed E-state index contributed by atoms with van der Waals surface area (Å²) < 4.78 is 15.2. The second-order valence-electron chi connectivity index (χ2n) is 6.85. The number of aryl methyl sites for hydroxylation is 1. The van der Waals surface area contributed by atoms with Gasteiger partial charge in [-0.1, -0.05) is 6.92 Å². The largest absolute Gasteiger partial charge is 0.471 e. The van der Waals surface area contributed by atoms with Crippen molar-refractivity contribution in [3.05, 3.63) is 54.4 Å². The van der Waals surface area contributed by atoms with Gasteiger partial charge in [0.1, 0.15) is 6.10 Å². The van der Waals surface area contributed by atoms with Gasteiger partial charge in [0.25, 0.3) is 0 Å². The molecule has 0 radical (unpaired) electrons. The zero-order valence-electron chi connectivity index (χ0n) is 16.1. The minimum atomic E-state index is 0.0624. The van der Waals surface area contributed by atoms with Crippen LogP contribution in [-0.4, -0.2) is 53.4 Å². The normalized spacial score (nSPS) is 16.5. The Labute approximate surface area is 167 Å². The van der Waals surface area contributed by atoms with Crippen LogP contribution in [0, 0.1) is 0 Å². The Morgan fingerprint density at radius 1 is 1.17 bits per heavy atom. The molecule has 1 aliphatic heterocycles. The van der Waals surface area contributed by atoms with Crippen LogP contribution < -0.4 is 4.74 Å². The predicted octanol–water partition coefficient (Wildman–Crippen LogP) is 2.16. The lowest BCUT2D eigenvalue weighted by Gasteiger charge is -2.11. The molecule has 5 rings (SSSR count). The van der Waals surface area contributed by atoms with Gasteiger partial charge in [0.15, 0.2) is 17.3 Å². The first-order valence-electron chi connectivity index (χ1n) is 9.72. The molecule has 0 bridgehead atoms. The van der Waals surface area contributed by atoms with Crippen LogP contribution in [0.2, 0.25) is 0 Å². The molecule has 9 nitrogen and oxygen atoms in total. The van der Waals surface area contributed by atoms with Crippen molar-refractivity contribution in [2.75, 3.05) is 13.2 Å². The lowest BCUT2D eigenvalue weighted by molar-refractivity contribution is 0.137. The highest BCUT2D eigenvalue weighted by atomic mass is 16.5. The zero-order valence-corrected chi connectivity index (χ0v) is 16.1. The number of hydrogen-bond acceptors (Lipinski definition) is 7. The summed E-state index contributed by atoms with van der Waals surface area (Å²) in [5.74, 6) is 1.89. The fourth-order valence-electron chi connectivity index (χ4n) is 3.55. The van der Waals surface area contributed by atoms with Crippen molar-refractivity contribution in [2.24, 2.45) is 0 Å². The van der Waals surface area contributed by atoms with Crippen molar-refractivity contribution in [1.82, 2.24) is 34.1 Å². The quantitative estimate of drug-likeness (QED) is 0.497. The van der Waals surface area contributed by atoms with Gasteiger partial charge in [-0.2, -0.15) is 0 Å². The predicted molar refractivity (Wildman–Crippen MR) is 105 cm³/mol. The number of rotatable bonds is 6. The molecule has 1 fully saturated rings. The molecular formula is C20H21N7O2. The van der Waals surface area contributed by atoms with E-state index < -0.39 is 0 Å². The molecule has 1 saturated heterocycles. The van der Waals surface area contributed by atoms with E-state index in [1.54, 1.807) is 24.7 Å². The second kappa shape index (κ2) is 7.59. The number of aromatic nitrogens is 7. The Kier molecular flexibility index (Phi) is 4.65. The van der Waals surface area contributed by atoms with Crippen LogP contribution in [0.4, 0.5) is 0 Å². The van der Waals surface area contributed by atoms with Crippen LogP contribution in [0.1, 0.15) is 24.7 Å². The van der Waals surface area contributed by atoms with Gasteiger partial charge in [-0.3, -0.25) is 0 Å². The first kappa shape index (κ1) is 17.7. The van der Waals surface area contributed by atoms with Crippen molar-refractivity contribution >= 4 is 5.65 Å². The van der Waals surface area contributed by atoms with Gasteiger partial charge in [-0.25, -0.2) is 24.5 Å². The molecule has 29 heavy (non-hydrogen) atoms. The second-order valence-corrected chi connectivity index (χ2v) is 6.85. The summed E-state index contributed by atoms with van der Waals surface area (Å²) in [6.07, 6.45) is 8.84. The van der Waals surface area contributed by atoms with E-state index >= 15 is 0 Å². The SMILES string of the molecule is CCc1c(Cn2ccnc2-c2ncccn2)nc2ccc(OC3CCOC3)nn12. The number of imidazole rings is 2. The lowest BCUT2D eigenvalue weighted by atomic mass is 10.2. The monoisotopic (exact) mass is 391 g/mol. The highest BCUT2D eigenvalue weighted by Crippen LogP contribution is 2.20. The van der Waals surface area contributed by atoms with Crippen LogP contribution in [0.15, 0.2) is 43.0 Å². The van der Waals surface area contributed by atoms with Crippen molar-refractivity contribution < 1.29 is 9.47 Å². The lowest BCUT2D eigenvalue weighted by Crippen LogP contribution is -2.17. The van der Waals surface area contributed by atoms with Gasteiger partial charge in [0, 0.05) is 37.3 Å². The smallest absolute Gasteiger partial charge is 0.232 e. The first-order chi connectivity index (χ1) is 14.3. The molecule has 1 atom stereocenters. The fraction of sp³-hybridized carbons (Fsp3) is 0.350. The number of ether oxygens (including phenoxy) is 2. The maximum atomic E-state index is 5.96. The summed E-state index contributed by atoms with van der Waals surface area (Å²) >= 11 is 0. The van der Waals surface area contributed by atoms with E-state index in [-0.39, 0.29) is 6.10 Å². The van der Waals surface area contributed by atoms with Crippen LogP contribution in [-0.2, 0) is 17.7 Å². The van der Waals surface area contributed by atoms with E-state index in [1.807, 2.05) is 27.4 Å². The van der Waals surface area contributed by atoms with Crippen molar-refractivity contribution in [2.45, 2.75) is 32.4 Å². The third-order valence-corrected chi connectivity index (χ3v) is 4.94. The maximum absolute atomic E-state index is 5.96. The standard InChI is InChI=1S/C20H21N7O2/c1-2-16-15(12-26-10-9-23-20(26)19-21-7-3-8-22-19)24-17-4-5-18(25-27(16)17)29-14-6-11-28-13-14/h3-5,7-10,14H,2,6,11-13H2,1H3. The van der Waals surface area contributed by atoms with Crippen LogP contribution in [0.25, 0.3) is 17.3 Å². The summed E-state index contributed by atoms with van der Waals surface area (Å²) in [4.78, 5) is 17.8.